The second kappa shape index (κ2) is 3.85. The summed E-state index contributed by atoms with van der Waals surface area (Å²) in [6.45, 7) is 0.495. The maximum absolute atomic E-state index is 13.2. The first-order valence-electron chi connectivity index (χ1n) is 5.14. The van der Waals surface area contributed by atoms with Gasteiger partial charge in [0.15, 0.2) is 4.77 Å². The summed E-state index contributed by atoms with van der Waals surface area (Å²) in [5.41, 5.74) is 1.56. The molecule has 0 amide bonds. The molecule has 0 fully saturated rings. The number of aromatic amines is 1. The zero-order chi connectivity index (χ0) is 11.8. The fourth-order valence-electron chi connectivity index (χ4n) is 1.84. The lowest BCUT2D eigenvalue weighted by Gasteiger charge is -2.01. The number of imidazole rings is 1. The lowest BCUT2D eigenvalue weighted by atomic mass is 10.3. The molecule has 0 aliphatic carbocycles. The van der Waals surface area contributed by atoms with Crippen molar-refractivity contribution in [3.8, 4) is 0 Å². The van der Waals surface area contributed by atoms with Crippen LogP contribution in [0.15, 0.2) is 41.0 Å². The molecule has 3 rings (SSSR count). The highest BCUT2D eigenvalue weighted by atomic mass is 32.1. The third-order valence-corrected chi connectivity index (χ3v) is 2.95. The molecule has 0 saturated carbocycles. The number of fused-ring (bicyclic) bond motifs is 1. The normalized spacial score (nSPS) is 11.1. The topological polar surface area (TPSA) is 33.9 Å². The Morgan fingerprint density at radius 3 is 3.00 bits per heavy atom. The van der Waals surface area contributed by atoms with Gasteiger partial charge in [0, 0.05) is 0 Å². The first-order chi connectivity index (χ1) is 8.24. The first kappa shape index (κ1) is 10.3. The van der Waals surface area contributed by atoms with Crippen LogP contribution in [-0.4, -0.2) is 9.55 Å². The van der Waals surface area contributed by atoms with Crippen LogP contribution in [0.4, 0.5) is 4.39 Å². The predicted molar refractivity (Wildman–Crippen MR) is 64.9 cm³/mol. The lowest BCUT2D eigenvalue weighted by molar-refractivity contribution is 0.495. The molecule has 5 heteroatoms. The van der Waals surface area contributed by atoms with E-state index in [0.29, 0.717) is 11.3 Å². The van der Waals surface area contributed by atoms with Crippen LogP contribution in [0.5, 0.6) is 0 Å². The third-order valence-electron chi connectivity index (χ3n) is 2.63. The van der Waals surface area contributed by atoms with Crippen molar-refractivity contribution < 1.29 is 8.81 Å². The Kier molecular flexibility index (Phi) is 2.33. The van der Waals surface area contributed by atoms with E-state index in [1.165, 1.54) is 12.1 Å². The van der Waals surface area contributed by atoms with Gasteiger partial charge in [0.2, 0.25) is 0 Å². The van der Waals surface area contributed by atoms with Gasteiger partial charge in [0.25, 0.3) is 0 Å². The predicted octanol–water partition coefficient (Wildman–Crippen LogP) is 3.48. The van der Waals surface area contributed by atoms with E-state index in [0.717, 1.165) is 16.8 Å². The quantitative estimate of drug-likeness (QED) is 0.704. The van der Waals surface area contributed by atoms with Crippen molar-refractivity contribution in [2.24, 2.45) is 0 Å². The Hall–Kier alpha value is -1.88. The molecule has 0 bridgehead atoms. The van der Waals surface area contributed by atoms with Gasteiger partial charge < -0.3 is 14.0 Å². The summed E-state index contributed by atoms with van der Waals surface area (Å²) in [6.07, 6.45) is 1.61. The molecule has 2 heterocycles. The van der Waals surface area contributed by atoms with Crippen LogP contribution in [0.3, 0.4) is 0 Å². The Morgan fingerprint density at radius 1 is 1.35 bits per heavy atom. The van der Waals surface area contributed by atoms with E-state index < -0.39 is 0 Å². The highest BCUT2D eigenvalue weighted by Gasteiger charge is 2.07. The Balaban J connectivity index is 2.17. The van der Waals surface area contributed by atoms with Crippen LogP contribution in [0.1, 0.15) is 5.76 Å². The molecule has 0 unspecified atom stereocenters. The van der Waals surface area contributed by atoms with Crippen molar-refractivity contribution in [1.29, 1.82) is 0 Å². The largest absolute Gasteiger partial charge is 0.467 e. The van der Waals surface area contributed by atoms with E-state index >= 15 is 0 Å². The van der Waals surface area contributed by atoms with Crippen molar-refractivity contribution in [2.45, 2.75) is 6.54 Å². The number of hydrogen-bond donors (Lipinski definition) is 1. The maximum atomic E-state index is 13.2. The van der Waals surface area contributed by atoms with Crippen LogP contribution < -0.4 is 0 Å². The van der Waals surface area contributed by atoms with Gasteiger partial charge in [-0.05, 0) is 42.5 Å². The molecule has 0 aliphatic rings. The molecule has 1 aromatic carbocycles. The molecule has 0 aliphatic heterocycles. The van der Waals surface area contributed by atoms with Crippen molar-refractivity contribution in [3.63, 3.8) is 0 Å². The van der Waals surface area contributed by atoms with Gasteiger partial charge in [-0.2, -0.15) is 0 Å². The fraction of sp³-hybridized carbons (Fsp3) is 0.0833. The second-order valence-corrected chi connectivity index (χ2v) is 4.14. The number of nitrogens with one attached hydrogen (secondary N) is 1. The molecule has 86 valence electrons. The number of H-pyrrole nitrogens is 1. The van der Waals surface area contributed by atoms with Gasteiger partial charge in [0.1, 0.15) is 11.6 Å². The highest BCUT2D eigenvalue weighted by Crippen LogP contribution is 2.17. The maximum Gasteiger partial charge on any atom is 0.178 e. The van der Waals surface area contributed by atoms with Gasteiger partial charge in [0.05, 0.1) is 23.8 Å². The summed E-state index contributed by atoms with van der Waals surface area (Å²) in [5.74, 6) is 0.506. The highest BCUT2D eigenvalue weighted by molar-refractivity contribution is 7.71. The number of hydrogen-bond acceptors (Lipinski definition) is 2. The number of aromatic nitrogens is 2. The van der Waals surface area contributed by atoms with Crippen molar-refractivity contribution in [1.82, 2.24) is 9.55 Å². The standard InChI is InChI=1S/C12H9FN2OS/c13-8-3-4-10-11(6-8)15(12(17)14-10)7-9-2-1-5-16-9/h1-6H,7H2,(H,14,17). The van der Waals surface area contributed by atoms with E-state index in [9.17, 15) is 4.39 Å². The minimum absolute atomic E-state index is 0.278. The smallest absolute Gasteiger partial charge is 0.178 e. The van der Waals surface area contributed by atoms with Crippen molar-refractivity contribution in [3.05, 3.63) is 52.9 Å². The summed E-state index contributed by atoms with van der Waals surface area (Å²) >= 11 is 5.21. The number of rotatable bonds is 2. The molecule has 17 heavy (non-hydrogen) atoms. The third kappa shape index (κ3) is 1.78. The zero-order valence-electron chi connectivity index (χ0n) is 8.81. The summed E-state index contributed by atoms with van der Waals surface area (Å²) in [4.78, 5) is 3.04. The molecule has 1 N–H and O–H groups in total. The summed E-state index contributed by atoms with van der Waals surface area (Å²) in [5, 5.41) is 0. The van der Waals surface area contributed by atoms with Crippen LogP contribution in [0, 0.1) is 10.6 Å². The van der Waals surface area contributed by atoms with E-state index in [2.05, 4.69) is 4.98 Å². The number of benzene rings is 1. The average molecular weight is 248 g/mol. The van der Waals surface area contributed by atoms with Crippen LogP contribution in [0.25, 0.3) is 11.0 Å². The van der Waals surface area contributed by atoms with Gasteiger partial charge >= 0.3 is 0 Å². The fourth-order valence-corrected chi connectivity index (χ4v) is 2.11. The molecule has 0 radical (unpaired) electrons. The monoisotopic (exact) mass is 248 g/mol. The van der Waals surface area contributed by atoms with Gasteiger partial charge in [-0.1, -0.05) is 0 Å². The molecule has 3 nitrogen and oxygen atoms in total. The summed E-state index contributed by atoms with van der Waals surface area (Å²) < 4.78 is 20.9. The molecule has 3 aromatic rings. The van der Waals surface area contributed by atoms with Crippen LogP contribution >= 0.6 is 12.2 Å². The Bertz CT molecular complexity index is 712. The SMILES string of the molecule is Fc1ccc2[nH]c(=S)n(Cc3ccco3)c2c1. The van der Waals surface area contributed by atoms with Crippen molar-refractivity contribution >= 4 is 23.3 Å². The number of nitrogens with zero attached hydrogens (tertiary/aromatic N) is 1. The number of halogens is 1. The molecule has 0 atom stereocenters. The van der Waals surface area contributed by atoms with E-state index in [1.54, 1.807) is 12.3 Å². The Labute approximate surface area is 101 Å². The minimum Gasteiger partial charge on any atom is -0.467 e. The zero-order valence-corrected chi connectivity index (χ0v) is 9.63. The molecule has 2 aromatic heterocycles. The summed E-state index contributed by atoms with van der Waals surface area (Å²) in [7, 11) is 0. The van der Waals surface area contributed by atoms with Crippen molar-refractivity contribution in [2.75, 3.05) is 0 Å². The molecule has 0 saturated heterocycles. The Morgan fingerprint density at radius 2 is 2.24 bits per heavy atom. The van der Waals surface area contributed by atoms with E-state index in [4.69, 9.17) is 16.6 Å². The summed E-state index contributed by atoms with van der Waals surface area (Å²) in [6, 6.07) is 8.22. The number of furan rings is 1. The van der Waals surface area contributed by atoms with Crippen LogP contribution in [-0.2, 0) is 6.54 Å². The van der Waals surface area contributed by atoms with E-state index in [-0.39, 0.29) is 5.82 Å². The first-order valence-corrected chi connectivity index (χ1v) is 5.55. The van der Waals surface area contributed by atoms with Gasteiger partial charge in [-0.25, -0.2) is 4.39 Å². The minimum atomic E-state index is -0.278. The second-order valence-electron chi connectivity index (χ2n) is 3.76. The lowest BCUT2D eigenvalue weighted by Crippen LogP contribution is -1.98. The average Bonchev–Trinajstić information content (AvgIpc) is 2.90. The molecular weight excluding hydrogens is 239 g/mol. The van der Waals surface area contributed by atoms with Gasteiger partial charge in [-0.15, -0.1) is 0 Å². The van der Waals surface area contributed by atoms with E-state index in [1.807, 2.05) is 16.7 Å². The molecule has 0 spiro atoms. The molecular formula is C12H9FN2OS. The van der Waals surface area contributed by atoms with Crippen LogP contribution in [0.2, 0.25) is 0 Å². The van der Waals surface area contributed by atoms with Gasteiger partial charge in [-0.3, -0.25) is 0 Å².